The van der Waals surface area contributed by atoms with E-state index in [1.807, 2.05) is 0 Å². The molecule has 3 aliphatic carbocycles. The zero-order valence-electron chi connectivity index (χ0n) is 26.8. The zero-order valence-corrected chi connectivity index (χ0v) is 26.8. The Morgan fingerprint density at radius 1 is 1.10 bits per heavy atom. The van der Waals surface area contributed by atoms with Gasteiger partial charge in [-0.1, -0.05) is 63.6 Å². The number of aliphatic hydroxyl groups excluding tert-OH is 3. The van der Waals surface area contributed by atoms with Gasteiger partial charge in [-0.05, 0) is 105 Å². The van der Waals surface area contributed by atoms with E-state index < -0.39 is 30.6 Å². The van der Waals surface area contributed by atoms with Crippen molar-refractivity contribution < 1.29 is 34.7 Å². The summed E-state index contributed by atoms with van der Waals surface area (Å²) in [6.45, 7) is 22.4. The van der Waals surface area contributed by atoms with Crippen LogP contribution in [0.5, 0.6) is 0 Å². The Hall–Kier alpha value is -1.51. The van der Waals surface area contributed by atoms with Crippen LogP contribution < -0.4 is 0 Å². The first-order valence-corrected chi connectivity index (χ1v) is 16.1. The minimum atomic E-state index is -1.29. The number of hydrogen-bond donors (Lipinski definition) is 4. The van der Waals surface area contributed by atoms with Gasteiger partial charge in [0.25, 0.3) is 0 Å². The number of fused-ring (bicyclic) bond motifs is 1. The summed E-state index contributed by atoms with van der Waals surface area (Å²) in [5.74, 6) is 0.555. The summed E-state index contributed by atoms with van der Waals surface area (Å²) in [5, 5.41) is 40.2. The topological polar surface area (TPSA) is 116 Å². The predicted octanol–water partition coefficient (Wildman–Crippen LogP) is 6.03. The van der Waals surface area contributed by atoms with Gasteiger partial charge in [-0.25, -0.2) is 0 Å². The minimum Gasteiger partial charge on any atom is -0.481 e. The maximum atomic E-state index is 11.7. The summed E-state index contributed by atoms with van der Waals surface area (Å²) in [6, 6.07) is 0. The Bertz CT molecular complexity index is 1060. The van der Waals surface area contributed by atoms with Gasteiger partial charge in [0.1, 0.15) is 18.3 Å². The SMILES string of the molecule is C=C(C)[C@@H]1CC=C(C)[C@H](CC[C@H]2C(=C)CC[C@H]3C(C)(C)[C@@H](O[C@@H]4OC[C@@H](O)[C@H](O)[C@H]4O)CC[C@]23C)[C@@]1(C)CCC(=O)O. The zero-order chi connectivity index (χ0) is 31.2. The Kier molecular flexibility index (Phi) is 9.91. The molecule has 1 aliphatic heterocycles. The van der Waals surface area contributed by atoms with Gasteiger partial charge in [0.05, 0.1) is 12.7 Å². The van der Waals surface area contributed by atoms with E-state index in [9.17, 15) is 25.2 Å². The lowest BCUT2D eigenvalue weighted by atomic mass is 9.46. The van der Waals surface area contributed by atoms with Crippen molar-refractivity contribution >= 4 is 5.97 Å². The van der Waals surface area contributed by atoms with Crippen LogP contribution in [-0.4, -0.2) is 63.7 Å². The standard InChI is InChI=1S/C35H56O7/c1-20(2)23-11-9-21(3)24(34(23,7)18-16-29(37)38)12-13-25-22(4)10-14-27-33(5,6)28(15-17-35(25,27)8)42-32-31(40)30(39)26(36)19-41-32/h9,23-28,30-32,36,39-40H,1,4,10-19H2,2-3,5-8H3,(H,37,38)/t23-,24-,25-,26+,27-,28-,30-,31+,32-,34-,35+/m0/s1. The summed E-state index contributed by atoms with van der Waals surface area (Å²) in [5.41, 5.74) is 3.53. The molecule has 4 aliphatic rings. The number of aliphatic hydroxyl groups is 3. The highest BCUT2D eigenvalue weighted by Crippen LogP contribution is 2.63. The monoisotopic (exact) mass is 588 g/mol. The molecular weight excluding hydrogens is 532 g/mol. The van der Waals surface area contributed by atoms with Crippen LogP contribution >= 0.6 is 0 Å². The molecule has 0 bridgehead atoms. The van der Waals surface area contributed by atoms with Crippen molar-refractivity contribution in [2.75, 3.05) is 6.61 Å². The second-order valence-corrected chi connectivity index (χ2v) is 15.2. The summed E-state index contributed by atoms with van der Waals surface area (Å²) in [7, 11) is 0. The molecule has 0 aromatic rings. The van der Waals surface area contributed by atoms with Gasteiger partial charge < -0.3 is 29.9 Å². The molecule has 238 valence electrons. The summed E-state index contributed by atoms with van der Waals surface area (Å²) >= 11 is 0. The molecule has 0 radical (unpaired) electrons. The number of rotatable bonds is 9. The molecule has 4 rings (SSSR count). The van der Waals surface area contributed by atoms with Crippen molar-refractivity contribution in [2.45, 2.75) is 130 Å². The molecule has 4 N–H and O–H groups in total. The Morgan fingerprint density at radius 3 is 2.40 bits per heavy atom. The highest BCUT2D eigenvalue weighted by atomic mass is 16.7. The Labute approximate surface area is 253 Å². The van der Waals surface area contributed by atoms with Crippen LogP contribution in [0.1, 0.15) is 99.3 Å². The highest BCUT2D eigenvalue weighted by Gasteiger charge is 2.57. The molecule has 0 aromatic heterocycles. The van der Waals surface area contributed by atoms with Crippen molar-refractivity contribution in [3.05, 3.63) is 36.0 Å². The average molecular weight is 589 g/mol. The van der Waals surface area contributed by atoms with Gasteiger partial charge in [-0.2, -0.15) is 0 Å². The third kappa shape index (κ3) is 6.06. The van der Waals surface area contributed by atoms with Gasteiger partial charge in [0.15, 0.2) is 6.29 Å². The average Bonchev–Trinajstić information content (AvgIpc) is 2.90. The van der Waals surface area contributed by atoms with Crippen LogP contribution in [-0.2, 0) is 14.3 Å². The molecular formula is C35H56O7. The molecule has 0 spiro atoms. The number of aliphatic carboxylic acids is 1. The third-order valence-corrected chi connectivity index (χ3v) is 12.3. The molecule has 42 heavy (non-hydrogen) atoms. The van der Waals surface area contributed by atoms with Crippen molar-refractivity contribution in [1.82, 2.24) is 0 Å². The molecule has 0 amide bonds. The fourth-order valence-electron chi connectivity index (χ4n) is 9.85. The van der Waals surface area contributed by atoms with Crippen LogP contribution in [0.25, 0.3) is 0 Å². The number of carboxylic acids is 1. The highest BCUT2D eigenvalue weighted by molar-refractivity contribution is 5.66. The molecule has 0 aromatic carbocycles. The van der Waals surface area contributed by atoms with Crippen molar-refractivity contribution in [2.24, 2.45) is 39.9 Å². The molecule has 1 saturated heterocycles. The van der Waals surface area contributed by atoms with Gasteiger partial charge in [0, 0.05) is 6.42 Å². The molecule has 0 unspecified atom stereocenters. The number of hydrogen-bond acceptors (Lipinski definition) is 6. The first-order valence-electron chi connectivity index (χ1n) is 16.1. The summed E-state index contributed by atoms with van der Waals surface area (Å²) in [4.78, 5) is 11.7. The maximum absolute atomic E-state index is 11.7. The summed E-state index contributed by atoms with van der Waals surface area (Å²) < 4.78 is 12.0. The molecule has 3 fully saturated rings. The van der Waals surface area contributed by atoms with Gasteiger partial charge in [0.2, 0.25) is 0 Å². The van der Waals surface area contributed by atoms with E-state index in [0.717, 1.165) is 50.5 Å². The fraction of sp³-hybridized carbons (Fsp3) is 0.800. The van der Waals surface area contributed by atoms with Crippen LogP contribution in [0.4, 0.5) is 0 Å². The van der Waals surface area contributed by atoms with Crippen molar-refractivity contribution in [3.63, 3.8) is 0 Å². The summed E-state index contributed by atoms with van der Waals surface area (Å²) in [6.07, 6.45) is 5.09. The van der Waals surface area contributed by atoms with E-state index in [4.69, 9.17) is 9.47 Å². The second kappa shape index (κ2) is 12.5. The fourth-order valence-corrected chi connectivity index (χ4v) is 9.85. The van der Waals surface area contributed by atoms with Crippen LogP contribution in [0.3, 0.4) is 0 Å². The lowest BCUT2D eigenvalue weighted by Gasteiger charge is -2.61. The van der Waals surface area contributed by atoms with E-state index in [1.165, 1.54) is 11.1 Å². The smallest absolute Gasteiger partial charge is 0.303 e. The molecule has 11 atom stereocenters. The third-order valence-electron chi connectivity index (χ3n) is 12.3. The van der Waals surface area contributed by atoms with E-state index in [1.54, 1.807) is 0 Å². The number of ether oxygens (including phenoxy) is 2. The normalized spacial score (nSPS) is 43.8. The Morgan fingerprint density at radius 2 is 1.76 bits per heavy atom. The Balaban J connectivity index is 1.53. The predicted molar refractivity (Wildman–Crippen MR) is 163 cm³/mol. The van der Waals surface area contributed by atoms with E-state index in [2.05, 4.69) is 60.8 Å². The maximum Gasteiger partial charge on any atom is 0.303 e. The van der Waals surface area contributed by atoms with Crippen molar-refractivity contribution in [1.29, 1.82) is 0 Å². The molecule has 2 saturated carbocycles. The first kappa shape index (κ1) is 33.4. The van der Waals surface area contributed by atoms with Crippen molar-refractivity contribution in [3.8, 4) is 0 Å². The number of carbonyl (C=O) groups is 1. The van der Waals surface area contributed by atoms with Gasteiger partial charge >= 0.3 is 5.97 Å². The second-order valence-electron chi connectivity index (χ2n) is 15.2. The van der Waals surface area contributed by atoms with E-state index in [0.29, 0.717) is 24.2 Å². The largest absolute Gasteiger partial charge is 0.481 e. The molecule has 7 nitrogen and oxygen atoms in total. The van der Waals surface area contributed by atoms with Gasteiger partial charge in [-0.15, -0.1) is 0 Å². The van der Waals surface area contributed by atoms with Crippen LogP contribution in [0, 0.1) is 39.9 Å². The number of allylic oxidation sites excluding steroid dienone is 4. The lowest BCUT2D eigenvalue weighted by Crippen LogP contribution is -2.59. The number of carboxylic acid groups (broad SMARTS) is 1. The van der Waals surface area contributed by atoms with Crippen LogP contribution in [0.2, 0.25) is 0 Å². The molecule has 7 heteroatoms. The lowest BCUT2D eigenvalue weighted by molar-refractivity contribution is -0.303. The van der Waals surface area contributed by atoms with E-state index >= 15 is 0 Å². The van der Waals surface area contributed by atoms with Gasteiger partial charge in [-0.3, -0.25) is 4.79 Å². The minimum absolute atomic E-state index is 0.0396. The first-order chi connectivity index (χ1) is 19.5. The molecule has 1 heterocycles. The van der Waals surface area contributed by atoms with Crippen LogP contribution in [0.15, 0.2) is 36.0 Å². The quantitative estimate of drug-likeness (QED) is 0.192. The van der Waals surface area contributed by atoms with E-state index in [-0.39, 0.29) is 41.3 Å².